The zero-order valence-corrected chi connectivity index (χ0v) is 21.4. The Bertz CT molecular complexity index is 1060. The first-order chi connectivity index (χ1) is 17.9. The summed E-state index contributed by atoms with van der Waals surface area (Å²) in [5.41, 5.74) is 10.0. The van der Waals surface area contributed by atoms with Crippen molar-refractivity contribution in [2.24, 2.45) is 16.5 Å². The minimum atomic E-state index is -1.83. The second-order valence-electron chi connectivity index (χ2n) is 8.54. The van der Waals surface area contributed by atoms with Crippen LogP contribution in [-0.4, -0.2) is 78.7 Å². The number of nitrogen functional groups attached to an aromatic ring is 1. The van der Waals surface area contributed by atoms with Gasteiger partial charge in [-0.1, -0.05) is 18.2 Å². The first-order valence-electron chi connectivity index (χ1n) is 11.7. The molecule has 38 heavy (non-hydrogen) atoms. The van der Waals surface area contributed by atoms with E-state index in [-0.39, 0.29) is 18.7 Å². The average Bonchev–Trinajstić information content (AvgIpc) is 2.87. The molecular weight excluding hydrogens is 498 g/mol. The number of benzene rings is 1. The number of nitrogens with two attached hydrogens (primary N) is 2. The quantitative estimate of drug-likeness (QED) is 0.0622. The molecule has 0 aliphatic carbocycles. The normalized spacial score (nSPS) is 13.4. The molecule has 0 aromatic heterocycles. The lowest BCUT2D eigenvalue weighted by atomic mass is 9.84. The Morgan fingerprint density at radius 2 is 1.97 bits per heavy atom. The molecule has 0 radical (unpaired) electrons. The highest BCUT2D eigenvalue weighted by Crippen LogP contribution is 2.22. The second kappa shape index (κ2) is 15.6. The number of carbonyl (C=O) groups excluding carboxylic acids is 4. The van der Waals surface area contributed by atoms with E-state index in [4.69, 9.17) is 16.9 Å². The van der Waals surface area contributed by atoms with Crippen molar-refractivity contribution in [1.29, 1.82) is 5.41 Å². The van der Waals surface area contributed by atoms with Gasteiger partial charge in [0, 0.05) is 24.9 Å². The number of amides is 3. The number of rotatable bonds is 16. The van der Waals surface area contributed by atoms with E-state index in [1.165, 1.54) is 6.07 Å². The number of hydrogen-bond donors (Lipinski definition) is 7. The van der Waals surface area contributed by atoms with Crippen LogP contribution in [-0.2, 0) is 30.3 Å². The topological polar surface area (TPSA) is 239 Å². The smallest absolute Gasteiger partial charge is 0.407 e. The number of hydrogen-bond acceptors (Lipinski definition) is 8. The zero-order chi connectivity index (χ0) is 28.7. The van der Waals surface area contributed by atoms with Gasteiger partial charge in [-0.05, 0) is 37.8 Å². The number of carbonyl (C=O) groups is 5. The third kappa shape index (κ3) is 11.1. The number of alkyl carbamates (subject to hydrolysis) is 1. The Kier molecular flexibility index (Phi) is 12.9. The first-order valence-corrected chi connectivity index (χ1v) is 11.7. The summed E-state index contributed by atoms with van der Waals surface area (Å²) in [5.74, 6) is -2.55. The van der Waals surface area contributed by atoms with Gasteiger partial charge in [-0.3, -0.25) is 24.8 Å². The number of amidine groups is 2. The molecule has 0 fully saturated rings. The van der Waals surface area contributed by atoms with Gasteiger partial charge in [-0.25, -0.2) is 4.79 Å². The molecule has 208 valence electrons. The number of aldehydes is 1. The molecule has 9 N–H and O–H groups in total. The Hall–Kier alpha value is -4.49. The fourth-order valence-electron chi connectivity index (χ4n) is 3.54. The number of aliphatic imine (C=N–C) groups is 1. The summed E-state index contributed by atoms with van der Waals surface area (Å²) in [6, 6.07) is 5.51. The van der Waals surface area contributed by atoms with Crippen LogP contribution in [0.1, 0.15) is 43.7 Å². The standard InChI is InChI=1S/C24H35N7O7/c1-15(25)28-10-4-7-18(14-32)30-19(33)13-29-22(36)24(9-8-20(34)35,31-23(37)38-2)12-16-5-3-6-17(11-16)21(26)27/h3,5-6,11,14,18H,4,7-10,12-13H2,1-2H3,(H2,25,28)(H3,26,27)(H,29,36)(H,30,33)(H,31,37)(H,34,35)/t18-,24?/m0/s1. The molecule has 0 aliphatic heterocycles. The number of nitrogens with one attached hydrogen (secondary N) is 4. The van der Waals surface area contributed by atoms with Crippen molar-refractivity contribution in [1.82, 2.24) is 16.0 Å². The molecule has 1 aromatic rings. The van der Waals surface area contributed by atoms with Gasteiger partial charge in [-0.15, -0.1) is 0 Å². The molecule has 1 rings (SSSR count). The summed E-state index contributed by atoms with van der Waals surface area (Å²) in [7, 11) is 1.08. The number of methoxy groups -OCH3 is 1. The number of nitrogens with zero attached hydrogens (tertiary/aromatic N) is 1. The van der Waals surface area contributed by atoms with E-state index in [0.717, 1.165) is 7.11 Å². The van der Waals surface area contributed by atoms with Gasteiger partial charge in [0.1, 0.15) is 17.7 Å². The summed E-state index contributed by atoms with van der Waals surface area (Å²) >= 11 is 0. The molecule has 3 amide bonds. The van der Waals surface area contributed by atoms with E-state index in [9.17, 15) is 29.1 Å². The zero-order valence-electron chi connectivity index (χ0n) is 21.4. The summed E-state index contributed by atoms with van der Waals surface area (Å²) in [5, 5.41) is 24.2. The summed E-state index contributed by atoms with van der Waals surface area (Å²) in [4.78, 5) is 64.7. The highest BCUT2D eigenvalue weighted by atomic mass is 16.5. The Morgan fingerprint density at radius 3 is 2.55 bits per heavy atom. The predicted octanol–water partition coefficient (Wildman–Crippen LogP) is -0.570. The van der Waals surface area contributed by atoms with Crippen LogP contribution >= 0.6 is 0 Å². The second-order valence-corrected chi connectivity index (χ2v) is 8.54. The minimum absolute atomic E-state index is 0.192. The van der Waals surface area contributed by atoms with E-state index < -0.39 is 48.4 Å². The molecule has 14 heteroatoms. The number of ether oxygens (including phenoxy) is 1. The van der Waals surface area contributed by atoms with Crippen molar-refractivity contribution in [2.45, 2.75) is 50.6 Å². The molecule has 0 saturated carbocycles. The Morgan fingerprint density at radius 1 is 1.26 bits per heavy atom. The Labute approximate surface area is 220 Å². The van der Waals surface area contributed by atoms with E-state index in [2.05, 4.69) is 25.7 Å². The molecule has 0 aliphatic rings. The van der Waals surface area contributed by atoms with Crippen LogP contribution < -0.4 is 27.4 Å². The molecule has 0 spiro atoms. The van der Waals surface area contributed by atoms with Gasteiger partial charge in [0.25, 0.3) is 0 Å². The van der Waals surface area contributed by atoms with Crippen LogP contribution in [0, 0.1) is 5.41 Å². The molecule has 0 saturated heterocycles. The SMILES string of the molecule is COC(=O)NC(CCC(=O)O)(Cc1cccc(C(=N)N)c1)C(=O)NCC(=O)N[C@H](C=O)CCCN=C(C)N. The van der Waals surface area contributed by atoms with Gasteiger partial charge in [-0.2, -0.15) is 0 Å². The van der Waals surface area contributed by atoms with Gasteiger partial charge in [0.15, 0.2) is 0 Å². The van der Waals surface area contributed by atoms with Gasteiger partial charge < -0.3 is 42.1 Å². The molecule has 14 nitrogen and oxygen atoms in total. The molecule has 0 bridgehead atoms. The highest BCUT2D eigenvalue weighted by Gasteiger charge is 2.41. The predicted molar refractivity (Wildman–Crippen MR) is 139 cm³/mol. The van der Waals surface area contributed by atoms with Crippen LogP contribution in [0.15, 0.2) is 29.3 Å². The van der Waals surface area contributed by atoms with Crippen molar-refractivity contribution in [3.63, 3.8) is 0 Å². The first kappa shape index (κ1) is 31.5. The number of aliphatic carboxylic acids is 1. The van der Waals surface area contributed by atoms with Crippen LogP contribution in [0.4, 0.5) is 4.79 Å². The van der Waals surface area contributed by atoms with Crippen molar-refractivity contribution in [3.8, 4) is 0 Å². The largest absolute Gasteiger partial charge is 0.481 e. The van der Waals surface area contributed by atoms with E-state index >= 15 is 0 Å². The Balaban J connectivity index is 3.09. The van der Waals surface area contributed by atoms with Crippen LogP contribution in [0.2, 0.25) is 0 Å². The molecule has 0 heterocycles. The van der Waals surface area contributed by atoms with Crippen LogP contribution in [0.5, 0.6) is 0 Å². The lowest BCUT2D eigenvalue weighted by Gasteiger charge is -2.33. The van der Waals surface area contributed by atoms with Gasteiger partial charge in [0.05, 0.1) is 25.5 Å². The number of carboxylic acids is 1. The third-order valence-corrected chi connectivity index (χ3v) is 5.43. The summed E-state index contributed by atoms with van der Waals surface area (Å²) < 4.78 is 4.65. The molecule has 1 unspecified atom stereocenters. The van der Waals surface area contributed by atoms with Gasteiger partial charge in [0.2, 0.25) is 11.8 Å². The fourth-order valence-corrected chi connectivity index (χ4v) is 3.54. The minimum Gasteiger partial charge on any atom is -0.481 e. The highest BCUT2D eigenvalue weighted by molar-refractivity contribution is 5.96. The van der Waals surface area contributed by atoms with E-state index in [1.54, 1.807) is 25.1 Å². The maximum atomic E-state index is 13.4. The lowest BCUT2D eigenvalue weighted by Crippen LogP contribution is -2.61. The molecule has 2 atom stereocenters. The van der Waals surface area contributed by atoms with E-state index in [1.807, 2.05) is 0 Å². The van der Waals surface area contributed by atoms with Gasteiger partial charge >= 0.3 is 12.1 Å². The van der Waals surface area contributed by atoms with Crippen LogP contribution in [0.25, 0.3) is 0 Å². The third-order valence-electron chi connectivity index (χ3n) is 5.43. The monoisotopic (exact) mass is 533 g/mol. The fraction of sp³-hybridized carbons (Fsp3) is 0.458. The average molecular weight is 534 g/mol. The maximum absolute atomic E-state index is 13.4. The van der Waals surface area contributed by atoms with Crippen LogP contribution in [0.3, 0.4) is 0 Å². The maximum Gasteiger partial charge on any atom is 0.407 e. The van der Waals surface area contributed by atoms with E-state index in [0.29, 0.717) is 42.6 Å². The van der Waals surface area contributed by atoms with Crippen molar-refractivity contribution in [2.75, 3.05) is 20.2 Å². The molecule has 1 aromatic carbocycles. The summed E-state index contributed by atoms with van der Waals surface area (Å²) in [6.45, 7) is 1.47. The van der Waals surface area contributed by atoms with Crippen molar-refractivity contribution >= 4 is 41.8 Å². The summed E-state index contributed by atoms with van der Waals surface area (Å²) in [6.07, 6.45) is -0.654. The molecular formula is C24H35N7O7. The van der Waals surface area contributed by atoms with Crippen molar-refractivity contribution in [3.05, 3.63) is 35.4 Å². The van der Waals surface area contributed by atoms with Crippen molar-refractivity contribution < 1.29 is 33.8 Å². The lowest BCUT2D eigenvalue weighted by molar-refractivity contribution is -0.138. The number of carboxylic acid groups (broad SMARTS) is 1.